The van der Waals surface area contributed by atoms with Crippen molar-refractivity contribution in [1.29, 1.82) is 0 Å². The summed E-state index contributed by atoms with van der Waals surface area (Å²) in [6.45, 7) is 1.77. The van der Waals surface area contributed by atoms with Crippen LogP contribution in [0, 0.1) is 6.92 Å². The van der Waals surface area contributed by atoms with Gasteiger partial charge in [-0.3, -0.25) is 0 Å². The molecule has 0 unspecified atom stereocenters. The zero-order valence-corrected chi connectivity index (χ0v) is 15.6. The highest BCUT2D eigenvalue weighted by molar-refractivity contribution is 6.30. The lowest BCUT2D eigenvalue weighted by atomic mass is 10.1. The van der Waals surface area contributed by atoms with Crippen molar-refractivity contribution in [2.45, 2.75) is 13.5 Å². The number of esters is 2. The van der Waals surface area contributed by atoms with Crippen LogP contribution in [0.15, 0.2) is 54.6 Å². The molecule has 3 aromatic rings. The zero-order valence-electron chi connectivity index (χ0n) is 14.8. The van der Waals surface area contributed by atoms with Gasteiger partial charge in [0.15, 0.2) is 0 Å². The molecule has 0 N–H and O–H groups in total. The van der Waals surface area contributed by atoms with Crippen molar-refractivity contribution in [1.82, 2.24) is 9.78 Å². The number of hydrogen-bond donors (Lipinski definition) is 0. The first-order chi connectivity index (χ1) is 13.0. The van der Waals surface area contributed by atoms with Crippen LogP contribution in [0.2, 0.25) is 5.15 Å². The van der Waals surface area contributed by atoms with Crippen molar-refractivity contribution in [2.24, 2.45) is 0 Å². The van der Waals surface area contributed by atoms with Crippen LogP contribution in [0.1, 0.15) is 32.0 Å². The molecule has 138 valence electrons. The number of nitrogens with zero attached hydrogens (tertiary/aromatic N) is 2. The highest BCUT2D eigenvalue weighted by Gasteiger charge is 2.17. The van der Waals surface area contributed by atoms with E-state index >= 15 is 0 Å². The van der Waals surface area contributed by atoms with Gasteiger partial charge in [-0.25, -0.2) is 14.3 Å². The second kappa shape index (κ2) is 8.05. The van der Waals surface area contributed by atoms with Gasteiger partial charge >= 0.3 is 11.9 Å². The fourth-order valence-corrected chi connectivity index (χ4v) is 2.87. The molecule has 0 aliphatic carbocycles. The first-order valence-corrected chi connectivity index (χ1v) is 8.54. The van der Waals surface area contributed by atoms with Gasteiger partial charge in [-0.05, 0) is 37.3 Å². The van der Waals surface area contributed by atoms with Gasteiger partial charge < -0.3 is 9.47 Å². The van der Waals surface area contributed by atoms with Crippen molar-refractivity contribution in [3.05, 3.63) is 82.1 Å². The largest absolute Gasteiger partial charge is 0.465 e. The van der Waals surface area contributed by atoms with Crippen molar-refractivity contribution < 1.29 is 19.1 Å². The Morgan fingerprint density at radius 1 is 1.04 bits per heavy atom. The SMILES string of the molecule is COC(=O)c1cccc(C(=O)OCc2c(C)nn(-c3ccccc3)c2Cl)c1. The molecule has 0 saturated carbocycles. The maximum atomic E-state index is 12.3. The van der Waals surface area contributed by atoms with E-state index in [-0.39, 0.29) is 17.7 Å². The van der Waals surface area contributed by atoms with Gasteiger partial charge in [-0.15, -0.1) is 0 Å². The van der Waals surface area contributed by atoms with E-state index in [0.29, 0.717) is 16.4 Å². The lowest BCUT2D eigenvalue weighted by molar-refractivity contribution is 0.0472. The number of carbonyl (C=O) groups excluding carboxylic acids is 2. The molecule has 3 rings (SSSR count). The number of ether oxygens (including phenoxy) is 2. The fraction of sp³-hybridized carbons (Fsp3) is 0.150. The minimum Gasteiger partial charge on any atom is -0.465 e. The van der Waals surface area contributed by atoms with Crippen LogP contribution >= 0.6 is 11.6 Å². The van der Waals surface area contributed by atoms with Gasteiger partial charge in [0, 0.05) is 5.56 Å². The molecule has 7 heteroatoms. The molecule has 0 atom stereocenters. The van der Waals surface area contributed by atoms with E-state index in [1.54, 1.807) is 29.8 Å². The molecule has 0 amide bonds. The second-order valence-electron chi connectivity index (χ2n) is 5.75. The van der Waals surface area contributed by atoms with E-state index in [2.05, 4.69) is 9.84 Å². The van der Waals surface area contributed by atoms with E-state index in [1.165, 1.54) is 13.2 Å². The average Bonchev–Trinajstić information content (AvgIpc) is 3.00. The number of aryl methyl sites for hydroxylation is 1. The molecule has 0 bridgehead atoms. The number of benzene rings is 2. The van der Waals surface area contributed by atoms with Crippen molar-refractivity contribution in [2.75, 3.05) is 7.11 Å². The molecule has 27 heavy (non-hydrogen) atoms. The van der Waals surface area contributed by atoms with Crippen molar-refractivity contribution in [3.63, 3.8) is 0 Å². The fourth-order valence-electron chi connectivity index (χ4n) is 2.55. The van der Waals surface area contributed by atoms with E-state index in [9.17, 15) is 9.59 Å². The summed E-state index contributed by atoms with van der Waals surface area (Å²) in [6, 6.07) is 15.6. The predicted octanol–water partition coefficient (Wildman–Crippen LogP) is 3.98. The first-order valence-electron chi connectivity index (χ1n) is 8.16. The minimum atomic E-state index is -0.566. The Balaban J connectivity index is 1.77. The third-order valence-electron chi connectivity index (χ3n) is 3.99. The molecule has 0 aliphatic heterocycles. The van der Waals surface area contributed by atoms with Gasteiger partial charge in [0.2, 0.25) is 0 Å². The minimum absolute atomic E-state index is 0.0290. The van der Waals surface area contributed by atoms with Gasteiger partial charge in [-0.2, -0.15) is 5.10 Å². The highest BCUT2D eigenvalue weighted by atomic mass is 35.5. The van der Waals surface area contributed by atoms with E-state index in [4.69, 9.17) is 16.3 Å². The summed E-state index contributed by atoms with van der Waals surface area (Å²) in [6.07, 6.45) is 0. The number of aromatic nitrogens is 2. The number of hydrogen-bond acceptors (Lipinski definition) is 5. The summed E-state index contributed by atoms with van der Waals surface area (Å²) < 4.78 is 11.6. The van der Waals surface area contributed by atoms with Crippen molar-refractivity contribution in [3.8, 4) is 5.69 Å². The summed E-state index contributed by atoms with van der Waals surface area (Å²) in [4.78, 5) is 23.9. The Hall–Kier alpha value is -3.12. The lowest BCUT2D eigenvalue weighted by Crippen LogP contribution is -2.08. The molecular formula is C20H17ClN2O4. The number of rotatable bonds is 5. The smallest absolute Gasteiger partial charge is 0.338 e. The molecule has 1 heterocycles. The molecule has 1 aromatic heterocycles. The van der Waals surface area contributed by atoms with Crippen LogP contribution < -0.4 is 0 Å². The standard InChI is InChI=1S/C20H17ClN2O4/c1-13-17(18(21)23(22-13)16-9-4-3-5-10-16)12-27-20(25)15-8-6-7-14(11-15)19(24)26-2/h3-11H,12H2,1-2H3. The zero-order chi connectivity index (χ0) is 19.4. The van der Waals surface area contributed by atoms with Crippen LogP contribution in [0.4, 0.5) is 0 Å². The molecule has 0 aliphatic rings. The molecule has 2 aromatic carbocycles. The Kier molecular flexibility index (Phi) is 5.57. The Bertz CT molecular complexity index is 983. The third-order valence-corrected chi connectivity index (χ3v) is 4.38. The highest BCUT2D eigenvalue weighted by Crippen LogP contribution is 2.24. The Labute approximate surface area is 161 Å². The quantitative estimate of drug-likeness (QED) is 0.622. The maximum absolute atomic E-state index is 12.3. The topological polar surface area (TPSA) is 70.4 Å². The number of methoxy groups -OCH3 is 1. The van der Waals surface area contributed by atoms with E-state index in [1.807, 2.05) is 30.3 Å². The van der Waals surface area contributed by atoms with Crippen LogP contribution in [0.5, 0.6) is 0 Å². The van der Waals surface area contributed by atoms with Crippen LogP contribution in [0.3, 0.4) is 0 Å². The molecule has 0 fully saturated rings. The van der Waals surface area contributed by atoms with Gasteiger partial charge in [0.05, 0.1) is 29.6 Å². The molecule has 6 nitrogen and oxygen atoms in total. The van der Waals surface area contributed by atoms with Gasteiger partial charge in [0.1, 0.15) is 11.8 Å². The van der Waals surface area contributed by atoms with E-state index in [0.717, 1.165) is 5.69 Å². The Morgan fingerprint density at radius 3 is 2.37 bits per heavy atom. The van der Waals surface area contributed by atoms with Gasteiger partial charge in [-0.1, -0.05) is 35.9 Å². The van der Waals surface area contributed by atoms with Crippen LogP contribution in [0.25, 0.3) is 5.69 Å². The Morgan fingerprint density at radius 2 is 1.70 bits per heavy atom. The number of carbonyl (C=O) groups is 2. The number of para-hydroxylation sites is 1. The van der Waals surface area contributed by atoms with Crippen molar-refractivity contribution >= 4 is 23.5 Å². The molecule has 0 radical (unpaired) electrons. The average molecular weight is 385 g/mol. The molecule has 0 saturated heterocycles. The monoisotopic (exact) mass is 384 g/mol. The van der Waals surface area contributed by atoms with Crippen LogP contribution in [-0.4, -0.2) is 28.8 Å². The maximum Gasteiger partial charge on any atom is 0.338 e. The summed E-state index contributed by atoms with van der Waals surface area (Å²) in [5.74, 6) is -1.09. The lowest BCUT2D eigenvalue weighted by Gasteiger charge is -2.07. The summed E-state index contributed by atoms with van der Waals surface area (Å²) in [5, 5.41) is 4.80. The molecule has 0 spiro atoms. The molecular weight excluding hydrogens is 368 g/mol. The summed E-state index contributed by atoms with van der Waals surface area (Å²) >= 11 is 6.43. The predicted molar refractivity (Wildman–Crippen MR) is 100 cm³/mol. The first kappa shape index (κ1) is 18.7. The van der Waals surface area contributed by atoms with Gasteiger partial charge in [0.25, 0.3) is 0 Å². The summed E-state index contributed by atoms with van der Waals surface area (Å²) in [5.41, 5.74) is 2.63. The van der Waals surface area contributed by atoms with E-state index < -0.39 is 11.9 Å². The second-order valence-corrected chi connectivity index (χ2v) is 6.11. The normalized spacial score (nSPS) is 10.5. The van der Waals surface area contributed by atoms with Crippen LogP contribution in [-0.2, 0) is 16.1 Å². The summed E-state index contributed by atoms with van der Waals surface area (Å²) in [7, 11) is 1.28. The third kappa shape index (κ3) is 4.01. The number of halogens is 1.